The molecule has 2 aromatic carbocycles. The molecular weight excluding hydrogens is 382 g/mol. The number of ether oxygens (including phenoxy) is 2. The van der Waals surface area contributed by atoms with Crippen molar-refractivity contribution >= 4 is 26.8 Å². The smallest absolute Gasteiger partial charge is 0.268 e. The molecule has 9 heteroatoms. The number of benzene rings is 2. The molecule has 1 aromatic heterocycles. The first-order chi connectivity index (χ1) is 13.2. The second-order valence-corrected chi connectivity index (χ2v) is 7.85. The van der Waals surface area contributed by atoms with Crippen molar-refractivity contribution in [2.75, 3.05) is 14.2 Å². The summed E-state index contributed by atoms with van der Waals surface area (Å²) in [5.74, 6) is 0.830. The largest absolute Gasteiger partial charge is 0.497 e. The second kappa shape index (κ2) is 7.53. The van der Waals surface area contributed by atoms with E-state index in [0.29, 0.717) is 28.3 Å². The highest BCUT2D eigenvalue weighted by Crippen LogP contribution is 2.31. The van der Waals surface area contributed by atoms with Gasteiger partial charge in [-0.25, -0.2) is 13.6 Å². The molecule has 1 heterocycles. The Morgan fingerprint density at radius 1 is 1.14 bits per heavy atom. The molecule has 0 fully saturated rings. The number of aromatic amines is 1. The number of nitrogens with two attached hydrogens (primary N) is 1. The molecule has 148 valence electrons. The number of sulfonamides is 1. The summed E-state index contributed by atoms with van der Waals surface area (Å²) in [6.07, 6.45) is 0. The molecular formula is C19H21N3O5S. The molecule has 3 aromatic rings. The fourth-order valence-electron chi connectivity index (χ4n) is 2.90. The highest BCUT2D eigenvalue weighted by molar-refractivity contribution is 7.89. The number of carbonyl (C=O) groups is 1. The predicted octanol–water partition coefficient (Wildman–Crippen LogP) is 2.32. The van der Waals surface area contributed by atoms with Gasteiger partial charge in [-0.2, -0.15) is 0 Å². The van der Waals surface area contributed by atoms with Gasteiger partial charge in [0.15, 0.2) is 0 Å². The Hall–Kier alpha value is -3.04. The maximum Gasteiger partial charge on any atom is 0.268 e. The number of carbonyl (C=O) groups excluding carboxylic acids is 1. The number of amides is 1. The maximum absolute atomic E-state index is 12.7. The lowest BCUT2D eigenvalue weighted by Gasteiger charge is -2.14. The molecule has 28 heavy (non-hydrogen) atoms. The van der Waals surface area contributed by atoms with Gasteiger partial charge in [-0.3, -0.25) is 4.79 Å². The first-order valence-corrected chi connectivity index (χ1v) is 9.96. The minimum Gasteiger partial charge on any atom is -0.497 e. The van der Waals surface area contributed by atoms with Crippen LogP contribution < -0.4 is 19.9 Å². The molecule has 0 unspecified atom stereocenters. The standard InChI is InChI=1S/C19H21N3O5S/c1-11(12-5-4-6-15(8-12)28(20,24)25)21-19(23)16-9-13-7-14(26-2)10-17(27-3)18(13)22-16/h4-11,22H,1-3H3,(H,21,23)(H2,20,24,25)/t11-/m1/s1. The fraction of sp³-hybridized carbons (Fsp3) is 0.211. The Kier molecular flexibility index (Phi) is 5.30. The monoisotopic (exact) mass is 403 g/mol. The molecule has 0 aliphatic rings. The van der Waals surface area contributed by atoms with Crippen LogP contribution in [0.25, 0.3) is 10.9 Å². The third kappa shape index (κ3) is 3.95. The number of fused-ring (bicyclic) bond motifs is 1. The van der Waals surface area contributed by atoms with Gasteiger partial charge in [0.25, 0.3) is 5.91 Å². The molecule has 3 rings (SSSR count). The van der Waals surface area contributed by atoms with Gasteiger partial charge in [-0.05, 0) is 36.8 Å². The molecule has 0 aliphatic carbocycles. The van der Waals surface area contributed by atoms with E-state index < -0.39 is 16.1 Å². The van der Waals surface area contributed by atoms with Gasteiger partial charge in [0, 0.05) is 11.5 Å². The summed E-state index contributed by atoms with van der Waals surface area (Å²) in [6.45, 7) is 1.76. The number of nitrogens with one attached hydrogen (secondary N) is 2. The molecule has 8 nitrogen and oxygen atoms in total. The van der Waals surface area contributed by atoms with E-state index in [0.717, 1.165) is 5.39 Å². The van der Waals surface area contributed by atoms with Crippen molar-refractivity contribution < 1.29 is 22.7 Å². The topological polar surface area (TPSA) is 124 Å². The summed E-state index contributed by atoms with van der Waals surface area (Å²) < 4.78 is 33.6. The number of hydrogen-bond acceptors (Lipinski definition) is 5. The Morgan fingerprint density at radius 3 is 2.54 bits per heavy atom. The summed E-state index contributed by atoms with van der Waals surface area (Å²) in [5.41, 5.74) is 1.64. The van der Waals surface area contributed by atoms with Crippen LogP contribution in [-0.4, -0.2) is 33.5 Å². The van der Waals surface area contributed by atoms with Crippen molar-refractivity contribution in [3.63, 3.8) is 0 Å². The SMILES string of the molecule is COc1cc(OC)c2[nH]c(C(=O)N[C@H](C)c3cccc(S(N)(=O)=O)c3)cc2c1. The van der Waals surface area contributed by atoms with Crippen LogP contribution in [-0.2, 0) is 10.0 Å². The molecule has 0 saturated carbocycles. The van der Waals surface area contributed by atoms with Crippen molar-refractivity contribution in [3.8, 4) is 11.5 Å². The van der Waals surface area contributed by atoms with E-state index in [1.165, 1.54) is 19.2 Å². The highest BCUT2D eigenvalue weighted by Gasteiger charge is 2.17. The summed E-state index contributed by atoms with van der Waals surface area (Å²) in [7, 11) is -0.725. The van der Waals surface area contributed by atoms with Gasteiger partial charge in [0.1, 0.15) is 17.2 Å². The highest BCUT2D eigenvalue weighted by atomic mass is 32.2. The van der Waals surface area contributed by atoms with Crippen LogP contribution in [0.15, 0.2) is 47.4 Å². The Morgan fingerprint density at radius 2 is 1.89 bits per heavy atom. The van der Waals surface area contributed by atoms with Crippen molar-refractivity contribution in [3.05, 3.63) is 53.7 Å². The molecule has 0 aliphatic heterocycles. The van der Waals surface area contributed by atoms with Gasteiger partial charge in [0.05, 0.1) is 30.7 Å². The Labute approximate surface area is 162 Å². The van der Waals surface area contributed by atoms with Crippen LogP contribution in [0.3, 0.4) is 0 Å². The zero-order valence-electron chi connectivity index (χ0n) is 15.6. The molecule has 4 N–H and O–H groups in total. The molecule has 0 spiro atoms. The lowest BCUT2D eigenvalue weighted by atomic mass is 10.1. The number of rotatable bonds is 6. The lowest BCUT2D eigenvalue weighted by molar-refractivity contribution is 0.0935. The van der Waals surface area contributed by atoms with Crippen LogP contribution >= 0.6 is 0 Å². The zero-order valence-corrected chi connectivity index (χ0v) is 16.5. The number of methoxy groups -OCH3 is 2. The van der Waals surface area contributed by atoms with Crippen LogP contribution in [0.5, 0.6) is 11.5 Å². The van der Waals surface area contributed by atoms with Crippen LogP contribution in [0.1, 0.15) is 29.0 Å². The van der Waals surface area contributed by atoms with Crippen molar-refractivity contribution in [2.45, 2.75) is 17.9 Å². The average molecular weight is 403 g/mol. The summed E-state index contributed by atoms with van der Waals surface area (Å²) >= 11 is 0. The lowest BCUT2D eigenvalue weighted by Crippen LogP contribution is -2.27. The number of primary sulfonamides is 1. The first kappa shape index (κ1) is 19.7. The first-order valence-electron chi connectivity index (χ1n) is 8.41. The quantitative estimate of drug-likeness (QED) is 0.583. The number of H-pyrrole nitrogens is 1. The molecule has 1 atom stereocenters. The zero-order chi connectivity index (χ0) is 20.5. The maximum atomic E-state index is 12.7. The van der Waals surface area contributed by atoms with E-state index in [-0.39, 0.29) is 10.8 Å². The van der Waals surface area contributed by atoms with E-state index in [1.807, 2.05) is 0 Å². The van der Waals surface area contributed by atoms with Gasteiger partial charge < -0.3 is 19.8 Å². The Bertz CT molecular complexity index is 1140. The second-order valence-electron chi connectivity index (χ2n) is 6.29. The van der Waals surface area contributed by atoms with E-state index in [1.54, 1.807) is 44.4 Å². The molecule has 1 amide bonds. The number of aromatic nitrogens is 1. The normalized spacial score (nSPS) is 12.6. The van der Waals surface area contributed by atoms with E-state index in [4.69, 9.17) is 14.6 Å². The predicted molar refractivity (Wildman–Crippen MR) is 105 cm³/mol. The van der Waals surface area contributed by atoms with E-state index in [9.17, 15) is 13.2 Å². The van der Waals surface area contributed by atoms with Crippen molar-refractivity contribution in [1.82, 2.24) is 10.3 Å². The van der Waals surface area contributed by atoms with E-state index >= 15 is 0 Å². The minimum absolute atomic E-state index is 0.00598. The van der Waals surface area contributed by atoms with Crippen LogP contribution in [0, 0.1) is 0 Å². The van der Waals surface area contributed by atoms with Crippen LogP contribution in [0.2, 0.25) is 0 Å². The number of hydrogen-bond donors (Lipinski definition) is 3. The third-order valence-corrected chi connectivity index (χ3v) is 5.31. The minimum atomic E-state index is -3.82. The Balaban J connectivity index is 1.87. The van der Waals surface area contributed by atoms with Gasteiger partial charge in [0.2, 0.25) is 10.0 Å². The van der Waals surface area contributed by atoms with Crippen molar-refractivity contribution in [1.29, 1.82) is 0 Å². The van der Waals surface area contributed by atoms with Crippen molar-refractivity contribution in [2.24, 2.45) is 5.14 Å². The summed E-state index contributed by atoms with van der Waals surface area (Å²) in [4.78, 5) is 15.7. The summed E-state index contributed by atoms with van der Waals surface area (Å²) in [5, 5.41) is 8.78. The molecule has 0 bridgehead atoms. The van der Waals surface area contributed by atoms with E-state index in [2.05, 4.69) is 10.3 Å². The third-order valence-electron chi connectivity index (χ3n) is 4.40. The fourth-order valence-corrected chi connectivity index (χ4v) is 3.47. The van der Waals surface area contributed by atoms with Gasteiger partial charge in [-0.1, -0.05) is 12.1 Å². The molecule has 0 saturated heterocycles. The summed E-state index contributed by atoms with van der Waals surface area (Å²) in [6, 6.07) is 10.9. The van der Waals surface area contributed by atoms with Gasteiger partial charge in [-0.15, -0.1) is 0 Å². The van der Waals surface area contributed by atoms with Gasteiger partial charge >= 0.3 is 0 Å². The van der Waals surface area contributed by atoms with Crippen LogP contribution in [0.4, 0.5) is 0 Å². The average Bonchev–Trinajstić information content (AvgIpc) is 3.10. The molecule has 0 radical (unpaired) electrons.